The van der Waals surface area contributed by atoms with Crippen LogP contribution in [0.25, 0.3) is 0 Å². The molecule has 5 nitrogen and oxygen atoms in total. The Morgan fingerprint density at radius 2 is 1.90 bits per heavy atom. The largest absolute Gasteiger partial charge is 0.496 e. The van der Waals surface area contributed by atoms with Crippen LogP contribution in [-0.2, 0) is 26.1 Å². The number of nitrogens with one attached hydrogen (secondary N) is 1. The molecule has 0 fully saturated rings. The lowest BCUT2D eigenvalue weighted by atomic mass is 10.0. The molecule has 0 saturated heterocycles. The van der Waals surface area contributed by atoms with E-state index in [9.17, 15) is 0 Å². The second kappa shape index (κ2) is 9.40. The van der Waals surface area contributed by atoms with Gasteiger partial charge in [-0.25, -0.2) is 0 Å². The molecule has 1 aliphatic rings. The molecular weight excluding hydrogens is 388 g/mol. The van der Waals surface area contributed by atoms with Gasteiger partial charge in [0.2, 0.25) is 0 Å². The first kappa shape index (κ1) is 21.2. The molecule has 1 atom stereocenters. The molecule has 162 valence electrons. The maximum Gasteiger partial charge on any atom is 0.130 e. The third-order valence-corrected chi connectivity index (χ3v) is 5.55. The molecule has 2 aromatic carbocycles. The van der Waals surface area contributed by atoms with Gasteiger partial charge in [0.15, 0.2) is 0 Å². The van der Waals surface area contributed by atoms with Gasteiger partial charge in [-0.2, -0.15) is 0 Å². The first-order valence-electron chi connectivity index (χ1n) is 10.7. The minimum atomic E-state index is 0.229. The Bertz CT molecular complexity index is 1030. The Labute approximate surface area is 184 Å². The minimum absolute atomic E-state index is 0.229. The van der Waals surface area contributed by atoms with Crippen molar-refractivity contribution in [1.29, 1.82) is 0 Å². The molecule has 4 rings (SSSR count). The zero-order valence-electron chi connectivity index (χ0n) is 18.7. The highest BCUT2D eigenvalue weighted by Gasteiger charge is 2.21. The number of ether oxygens (including phenoxy) is 3. The lowest BCUT2D eigenvalue weighted by molar-refractivity contribution is 0.254. The highest BCUT2D eigenvalue weighted by molar-refractivity contribution is 5.49. The van der Waals surface area contributed by atoms with Gasteiger partial charge < -0.3 is 19.5 Å². The van der Waals surface area contributed by atoms with Gasteiger partial charge >= 0.3 is 0 Å². The molecule has 0 aliphatic carbocycles. The van der Waals surface area contributed by atoms with Gasteiger partial charge in [-0.05, 0) is 61.7 Å². The molecule has 3 aromatic rings. The SMILES string of the molecule is COc1cc2c(cc1CNCc1cc(C)c(OCc3ccccn3)c(C)c1)OC(C)C2. The summed E-state index contributed by atoms with van der Waals surface area (Å²) < 4.78 is 17.6. The molecule has 0 spiro atoms. The number of hydrogen-bond donors (Lipinski definition) is 1. The molecule has 1 aromatic heterocycles. The topological polar surface area (TPSA) is 52.6 Å². The average molecular weight is 419 g/mol. The Morgan fingerprint density at radius 1 is 1.10 bits per heavy atom. The summed E-state index contributed by atoms with van der Waals surface area (Å²) in [6.07, 6.45) is 2.95. The van der Waals surface area contributed by atoms with Crippen LogP contribution >= 0.6 is 0 Å². The summed E-state index contributed by atoms with van der Waals surface area (Å²) in [6.45, 7) is 8.22. The Kier molecular flexibility index (Phi) is 6.42. The third kappa shape index (κ3) is 5.00. The fourth-order valence-electron chi connectivity index (χ4n) is 4.15. The number of aromatic nitrogens is 1. The van der Waals surface area contributed by atoms with Gasteiger partial charge in [0.1, 0.15) is 30.0 Å². The van der Waals surface area contributed by atoms with Crippen LogP contribution in [0.3, 0.4) is 0 Å². The Hall–Kier alpha value is -3.05. The highest BCUT2D eigenvalue weighted by atomic mass is 16.5. The number of rotatable bonds is 8. The summed E-state index contributed by atoms with van der Waals surface area (Å²) in [5, 5.41) is 3.54. The van der Waals surface area contributed by atoms with Crippen LogP contribution < -0.4 is 19.5 Å². The maximum absolute atomic E-state index is 6.05. The number of fused-ring (bicyclic) bond motifs is 1. The molecule has 0 bridgehead atoms. The number of methoxy groups -OCH3 is 1. The zero-order chi connectivity index (χ0) is 21.8. The predicted octanol–water partition coefficient (Wildman–Crippen LogP) is 4.90. The second-order valence-corrected chi connectivity index (χ2v) is 8.18. The van der Waals surface area contributed by atoms with Crippen molar-refractivity contribution in [2.45, 2.75) is 53.0 Å². The fourth-order valence-corrected chi connectivity index (χ4v) is 4.15. The summed E-state index contributed by atoms with van der Waals surface area (Å²) in [7, 11) is 1.72. The first-order valence-corrected chi connectivity index (χ1v) is 10.7. The standard InChI is InChI=1S/C26H30N2O3/c1-17-9-20(10-18(2)26(17)30-16-23-7-5-6-8-28-23)14-27-15-22-13-25-21(11-19(3)31-25)12-24(22)29-4/h5-10,12-13,19,27H,11,14-16H2,1-4H3. The lowest BCUT2D eigenvalue weighted by Crippen LogP contribution is -2.14. The summed E-state index contributed by atoms with van der Waals surface area (Å²) in [5.74, 6) is 2.82. The van der Waals surface area contributed by atoms with E-state index in [4.69, 9.17) is 14.2 Å². The molecule has 1 N–H and O–H groups in total. The van der Waals surface area contributed by atoms with E-state index >= 15 is 0 Å². The fraction of sp³-hybridized carbons (Fsp3) is 0.346. The monoisotopic (exact) mass is 418 g/mol. The number of aryl methyl sites for hydroxylation is 2. The van der Waals surface area contributed by atoms with E-state index in [0.29, 0.717) is 13.2 Å². The molecule has 31 heavy (non-hydrogen) atoms. The van der Waals surface area contributed by atoms with Crippen LogP contribution in [-0.4, -0.2) is 18.2 Å². The van der Waals surface area contributed by atoms with Gasteiger partial charge in [-0.15, -0.1) is 0 Å². The quantitative estimate of drug-likeness (QED) is 0.564. The maximum atomic E-state index is 6.05. The van der Waals surface area contributed by atoms with Crippen molar-refractivity contribution in [2.24, 2.45) is 0 Å². The van der Waals surface area contributed by atoms with Crippen molar-refractivity contribution in [3.8, 4) is 17.2 Å². The van der Waals surface area contributed by atoms with Crippen molar-refractivity contribution in [2.75, 3.05) is 7.11 Å². The first-order chi connectivity index (χ1) is 15.0. The smallest absolute Gasteiger partial charge is 0.130 e. The minimum Gasteiger partial charge on any atom is -0.496 e. The number of hydrogen-bond acceptors (Lipinski definition) is 5. The van der Waals surface area contributed by atoms with Gasteiger partial charge in [-0.1, -0.05) is 18.2 Å². The van der Waals surface area contributed by atoms with Crippen molar-refractivity contribution in [3.63, 3.8) is 0 Å². The molecule has 0 saturated carbocycles. The van der Waals surface area contributed by atoms with E-state index in [1.165, 1.54) is 11.1 Å². The van der Waals surface area contributed by atoms with E-state index in [1.54, 1.807) is 13.3 Å². The van der Waals surface area contributed by atoms with Gasteiger partial charge in [0, 0.05) is 36.8 Å². The second-order valence-electron chi connectivity index (χ2n) is 8.18. The van der Waals surface area contributed by atoms with E-state index < -0.39 is 0 Å². The van der Waals surface area contributed by atoms with Crippen molar-refractivity contribution >= 4 is 0 Å². The van der Waals surface area contributed by atoms with Crippen LogP contribution in [0.2, 0.25) is 0 Å². The molecule has 1 aliphatic heterocycles. The highest BCUT2D eigenvalue weighted by Crippen LogP contribution is 2.35. The Morgan fingerprint density at radius 3 is 2.61 bits per heavy atom. The summed E-state index contributed by atoms with van der Waals surface area (Å²) >= 11 is 0. The third-order valence-electron chi connectivity index (χ3n) is 5.55. The lowest BCUT2D eigenvalue weighted by Gasteiger charge is -2.15. The zero-order valence-corrected chi connectivity index (χ0v) is 18.7. The van der Waals surface area contributed by atoms with E-state index in [2.05, 4.69) is 55.3 Å². The summed E-state index contributed by atoms with van der Waals surface area (Å²) in [6, 6.07) is 14.4. The van der Waals surface area contributed by atoms with Crippen molar-refractivity contribution < 1.29 is 14.2 Å². The van der Waals surface area contributed by atoms with Crippen molar-refractivity contribution in [1.82, 2.24) is 10.3 Å². The van der Waals surface area contributed by atoms with Crippen LogP contribution in [0.4, 0.5) is 0 Å². The number of pyridine rings is 1. The molecular formula is C26H30N2O3. The number of nitrogens with zero attached hydrogens (tertiary/aromatic N) is 1. The predicted molar refractivity (Wildman–Crippen MR) is 122 cm³/mol. The molecule has 5 heteroatoms. The molecule has 1 unspecified atom stereocenters. The number of benzene rings is 2. The van der Waals surface area contributed by atoms with Crippen molar-refractivity contribution in [3.05, 3.63) is 82.2 Å². The molecule has 2 heterocycles. The van der Waals surface area contributed by atoms with Crippen LogP contribution in [0, 0.1) is 13.8 Å². The van der Waals surface area contributed by atoms with E-state index in [-0.39, 0.29) is 6.10 Å². The summed E-state index contributed by atoms with van der Waals surface area (Å²) in [4.78, 5) is 4.33. The van der Waals surface area contributed by atoms with Crippen LogP contribution in [0.5, 0.6) is 17.2 Å². The average Bonchev–Trinajstić information content (AvgIpc) is 3.12. The van der Waals surface area contributed by atoms with Gasteiger partial charge in [0.25, 0.3) is 0 Å². The molecule has 0 radical (unpaired) electrons. The summed E-state index contributed by atoms with van der Waals surface area (Å²) in [5.41, 5.74) is 6.74. The molecule has 0 amide bonds. The Balaban J connectivity index is 1.39. The van der Waals surface area contributed by atoms with E-state index in [0.717, 1.165) is 52.6 Å². The normalized spacial score (nSPS) is 14.8. The van der Waals surface area contributed by atoms with Gasteiger partial charge in [0.05, 0.1) is 12.8 Å². The van der Waals surface area contributed by atoms with Gasteiger partial charge in [-0.3, -0.25) is 4.98 Å². The van der Waals surface area contributed by atoms with Crippen LogP contribution in [0.15, 0.2) is 48.7 Å². The van der Waals surface area contributed by atoms with E-state index in [1.807, 2.05) is 18.2 Å². The van der Waals surface area contributed by atoms with Crippen LogP contribution in [0.1, 0.15) is 40.4 Å².